The summed E-state index contributed by atoms with van der Waals surface area (Å²) >= 11 is 0. The van der Waals surface area contributed by atoms with Crippen molar-refractivity contribution in [1.29, 1.82) is 0 Å². The number of carbonyl (C=O) groups excluding carboxylic acids is 2. The SMILES string of the molecule is CCCCN(C)C(=O)c1nc(C(=O)N(C)CCCC)n2c1CCCC2. The van der Waals surface area contributed by atoms with Gasteiger partial charge in [0.2, 0.25) is 0 Å². The number of aromatic nitrogens is 2. The molecule has 2 rings (SSSR count). The predicted octanol–water partition coefficient (Wildman–Crippen LogP) is 2.96. The predicted molar refractivity (Wildman–Crippen MR) is 98.9 cm³/mol. The Hall–Kier alpha value is -1.85. The van der Waals surface area contributed by atoms with E-state index in [1.807, 2.05) is 18.7 Å². The Labute approximate surface area is 151 Å². The van der Waals surface area contributed by atoms with Gasteiger partial charge in [0.15, 0.2) is 5.82 Å². The van der Waals surface area contributed by atoms with Crippen molar-refractivity contribution in [2.45, 2.75) is 65.3 Å². The summed E-state index contributed by atoms with van der Waals surface area (Å²) in [5.74, 6) is 0.293. The molecule has 0 aliphatic carbocycles. The Balaban J connectivity index is 2.29. The molecule has 140 valence electrons. The lowest BCUT2D eigenvalue weighted by molar-refractivity contribution is 0.0775. The molecule has 0 atom stereocenters. The minimum atomic E-state index is -0.0770. The van der Waals surface area contributed by atoms with E-state index in [4.69, 9.17) is 0 Å². The van der Waals surface area contributed by atoms with E-state index in [0.717, 1.165) is 70.3 Å². The molecule has 1 aliphatic heterocycles. The maximum absolute atomic E-state index is 12.8. The summed E-state index contributed by atoms with van der Waals surface area (Å²) in [4.78, 5) is 33.6. The molecule has 0 fully saturated rings. The summed E-state index contributed by atoms with van der Waals surface area (Å²) in [6.07, 6.45) is 6.94. The highest BCUT2D eigenvalue weighted by atomic mass is 16.2. The van der Waals surface area contributed by atoms with Crippen molar-refractivity contribution in [2.24, 2.45) is 0 Å². The monoisotopic (exact) mass is 348 g/mol. The quantitative estimate of drug-likeness (QED) is 0.726. The first-order chi connectivity index (χ1) is 12.0. The zero-order valence-electron chi connectivity index (χ0n) is 16.2. The second kappa shape index (κ2) is 9.02. The molecule has 6 heteroatoms. The van der Waals surface area contributed by atoms with Gasteiger partial charge in [-0.1, -0.05) is 26.7 Å². The van der Waals surface area contributed by atoms with Crippen LogP contribution in [0.25, 0.3) is 0 Å². The van der Waals surface area contributed by atoms with Gasteiger partial charge in [-0.05, 0) is 32.1 Å². The minimum absolute atomic E-state index is 0.0608. The van der Waals surface area contributed by atoms with Crippen molar-refractivity contribution >= 4 is 11.8 Å². The molecule has 1 aromatic rings. The third kappa shape index (κ3) is 4.41. The maximum Gasteiger partial charge on any atom is 0.289 e. The lowest BCUT2D eigenvalue weighted by Gasteiger charge is -2.20. The second-order valence-corrected chi connectivity index (χ2v) is 7.00. The standard InChI is InChI=1S/C19H32N4O2/c1-5-7-12-21(3)18(24)16-15-11-9-10-14-23(15)17(20-16)19(25)22(4)13-8-6-2/h5-14H2,1-4H3. The number of amides is 2. The van der Waals surface area contributed by atoms with Crippen LogP contribution in [0.1, 0.15) is 79.2 Å². The fourth-order valence-corrected chi connectivity index (χ4v) is 3.22. The van der Waals surface area contributed by atoms with E-state index in [1.54, 1.807) is 9.80 Å². The number of hydrogen-bond acceptors (Lipinski definition) is 3. The number of unbranched alkanes of at least 4 members (excludes halogenated alkanes) is 2. The lowest BCUT2D eigenvalue weighted by atomic mass is 10.1. The summed E-state index contributed by atoms with van der Waals surface area (Å²) < 4.78 is 1.98. The molecule has 0 spiro atoms. The molecular formula is C19H32N4O2. The van der Waals surface area contributed by atoms with Crippen molar-refractivity contribution in [3.05, 3.63) is 17.2 Å². The topological polar surface area (TPSA) is 58.4 Å². The Morgan fingerprint density at radius 1 is 1.00 bits per heavy atom. The van der Waals surface area contributed by atoms with Crippen molar-refractivity contribution in [3.8, 4) is 0 Å². The van der Waals surface area contributed by atoms with Gasteiger partial charge in [0.1, 0.15) is 5.69 Å². The zero-order valence-corrected chi connectivity index (χ0v) is 16.2. The van der Waals surface area contributed by atoms with Crippen LogP contribution in [0.4, 0.5) is 0 Å². The Morgan fingerprint density at radius 2 is 1.60 bits per heavy atom. The number of fused-ring (bicyclic) bond motifs is 1. The largest absolute Gasteiger partial charge is 0.340 e. The first-order valence-electron chi connectivity index (χ1n) is 9.61. The molecule has 0 unspecified atom stereocenters. The number of imidazole rings is 1. The fraction of sp³-hybridized carbons (Fsp3) is 0.737. The molecule has 0 bridgehead atoms. The fourth-order valence-electron chi connectivity index (χ4n) is 3.22. The summed E-state index contributed by atoms with van der Waals surface area (Å²) in [5.41, 5.74) is 1.41. The van der Waals surface area contributed by atoms with Crippen LogP contribution >= 0.6 is 0 Å². The molecule has 6 nitrogen and oxygen atoms in total. The van der Waals surface area contributed by atoms with E-state index in [1.165, 1.54) is 0 Å². The average Bonchev–Trinajstić information content (AvgIpc) is 3.02. The van der Waals surface area contributed by atoms with Gasteiger partial charge in [-0.15, -0.1) is 0 Å². The van der Waals surface area contributed by atoms with Crippen molar-refractivity contribution < 1.29 is 9.59 Å². The number of rotatable bonds is 8. The van der Waals surface area contributed by atoms with Gasteiger partial charge < -0.3 is 14.4 Å². The van der Waals surface area contributed by atoms with Crippen LogP contribution in [0.5, 0.6) is 0 Å². The lowest BCUT2D eigenvalue weighted by Crippen LogP contribution is -2.31. The van der Waals surface area contributed by atoms with Gasteiger partial charge in [0.25, 0.3) is 11.8 Å². The summed E-state index contributed by atoms with van der Waals surface area (Å²) in [6.45, 7) is 6.44. The van der Waals surface area contributed by atoms with E-state index >= 15 is 0 Å². The van der Waals surface area contributed by atoms with Gasteiger partial charge >= 0.3 is 0 Å². The van der Waals surface area contributed by atoms with Crippen molar-refractivity contribution in [1.82, 2.24) is 19.4 Å². The molecule has 0 aromatic carbocycles. The smallest absolute Gasteiger partial charge is 0.289 e. The Kier molecular flexibility index (Phi) is 7.02. The van der Waals surface area contributed by atoms with Gasteiger partial charge in [-0.3, -0.25) is 9.59 Å². The molecule has 0 saturated heterocycles. The minimum Gasteiger partial charge on any atom is -0.340 e. The molecule has 25 heavy (non-hydrogen) atoms. The van der Waals surface area contributed by atoms with E-state index in [9.17, 15) is 9.59 Å². The van der Waals surface area contributed by atoms with E-state index in [2.05, 4.69) is 18.8 Å². The van der Waals surface area contributed by atoms with Crippen LogP contribution < -0.4 is 0 Å². The first kappa shape index (κ1) is 19.5. The van der Waals surface area contributed by atoms with Crippen LogP contribution in [0, 0.1) is 0 Å². The second-order valence-electron chi connectivity index (χ2n) is 7.00. The van der Waals surface area contributed by atoms with E-state index in [-0.39, 0.29) is 11.8 Å². The molecule has 2 amide bonds. The molecule has 1 aromatic heterocycles. The Bertz CT molecular complexity index is 558. The molecule has 2 heterocycles. The van der Waals surface area contributed by atoms with Crippen LogP contribution in [0.2, 0.25) is 0 Å². The molecule has 0 N–H and O–H groups in total. The van der Waals surface area contributed by atoms with Crippen LogP contribution in [-0.2, 0) is 13.0 Å². The average molecular weight is 348 g/mol. The normalized spacial score (nSPS) is 13.4. The molecule has 0 radical (unpaired) electrons. The third-order valence-electron chi connectivity index (χ3n) is 4.90. The maximum atomic E-state index is 12.8. The number of carbonyl (C=O) groups is 2. The number of hydrogen-bond donors (Lipinski definition) is 0. The summed E-state index contributed by atoms with van der Waals surface area (Å²) in [5, 5.41) is 0. The van der Waals surface area contributed by atoms with E-state index < -0.39 is 0 Å². The highest BCUT2D eigenvalue weighted by Crippen LogP contribution is 2.23. The highest BCUT2D eigenvalue weighted by molar-refractivity contribution is 5.97. The van der Waals surface area contributed by atoms with Crippen LogP contribution in [0.15, 0.2) is 0 Å². The van der Waals surface area contributed by atoms with Crippen molar-refractivity contribution in [2.75, 3.05) is 27.2 Å². The molecule has 0 saturated carbocycles. The van der Waals surface area contributed by atoms with Gasteiger partial charge in [0.05, 0.1) is 5.69 Å². The first-order valence-corrected chi connectivity index (χ1v) is 9.61. The van der Waals surface area contributed by atoms with Crippen molar-refractivity contribution in [3.63, 3.8) is 0 Å². The third-order valence-corrected chi connectivity index (χ3v) is 4.90. The summed E-state index contributed by atoms with van der Waals surface area (Å²) in [7, 11) is 3.64. The van der Waals surface area contributed by atoms with E-state index in [0.29, 0.717) is 11.5 Å². The van der Waals surface area contributed by atoms with Crippen LogP contribution in [0.3, 0.4) is 0 Å². The van der Waals surface area contributed by atoms with Gasteiger partial charge in [-0.2, -0.15) is 0 Å². The Morgan fingerprint density at radius 3 is 2.20 bits per heavy atom. The highest BCUT2D eigenvalue weighted by Gasteiger charge is 2.29. The van der Waals surface area contributed by atoms with Gasteiger partial charge in [-0.25, -0.2) is 4.98 Å². The molecule has 1 aliphatic rings. The molecular weight excluding hydrogens is 316 g/mol. The van der Waals surface area contributed by atoms with Gasteiger partial charge in [0, 0.05) is 33.7 Å². The number of nitrogens with zero attached hydrogens (tertiary/aromatic N) is 4. The van der Waals surface area contributed by atoms with Crippen LogP contribution in [-0.4, -0.2) is 58.4 Å². The summed E-state index contributed by atoms with van der Waals surface area (Å²) in [6, 6.07) is 0. The zero-order chi connectivity index (χ0) is 18.4.